The van der Waals surface area contributed by atoms with E-state index in [9.17, 15) is 5.53 Å². The van der Waals surface area contributed by atoms with Gasteiger partial charge in [0.25, 0.3) is 0 Å². The van der Waals surface area contributed by atoms with Crippen molar-refractivity contribution in [2.75, 3.05) is 0 Å². The Morgan fingerprint density at radius 2 is 0.658 bits per heavy atom. The van der Waals surface area contributed by atoms with Crippen LogP contribution in [-0.2, 0) is 29.3 Å². The second-order valence-corrected chi connectivity index (χ2v) is 22.7. The minimum absolute atomic E-state index is 0. The van der Waals surface area contributed by atoms with Crippen LogP contribution in [0.25, 0.3) is 16.9 Å². The smallest absolute Gasteiger partial charge is 0.493 e. The average molecular weight is 1090 g/mol. The monoisotopic (exact) mass is 1090 g/mol. The van der Waals surface area contributed by atoms with E-state index in [-0.39, 0.29) is 16.5 Å². The molecule has 0 N–H and O–H groups in total. The molecule has 1 aliphatic rings. The Hall–Kier alpha value is -2.51. The molecule has 1 aliphatic heterocycles. The van der Waals surface area contributed by atoms with Gasteiger partial charge in [-0.3, -0.25) is 0 Å². The number of benzene rings is 2. The van der Waals surface area contributed by atoms with E-state index in [2.05, 4.69) is 130 Å². The molecule has 76 heavy (non-hydrogen) atoms. The molecule has 0 saturated heterocycles. The predicted molar refractivity (Wildman–Crippen MR) is 340 cm³/mol. The van der Waals surface area contributed by atoms with Crippen molar-refractivity contribution in [1.29, 1.82) is 0 Å². The van der Waals surface area contributed by atoms with Gasteiger partial charge in [0.15, 0.2) is 0 Å². The Balaban J connectivity index is 0.00000581. The van der Waals surface area contributed by atoms with E-state index in [0.717, 1.165) is 62.8 Å². The number of unbranched alkanes of at least 4 members (excludes halogenated alkanes) is 33. The molecule has 0 saturated carbocycles. The van der Waals surface area contributed by atoms with Gasteiger partial charge >= 0.3 is 16.5 Å². The molecule has 3 rings (SSSR count). The summed E-state index contributed by atoms with van der Waals surface area (Å²) >= 11 is 0. The third-order valence-corrected chi connectivity index (χ3v) is 15.5. The van der Waals surface area contributed by atoms with E-state index in [1.807, 2.05) is 0 Å². The summed E-state index contributed by atoms with van der Waals surface area (Å²) in [5.41, 5.74) is 24.6. The van der Waals surface area contributed by atoms with Crippen LogP contribution in [0.5, 0.6) is 0 Å². The molecule has 2 aromatic carbocycles. The van der Waals surface area contributed by atoms with Crippen molar-refractivity contribution in [3.05, 3.63) is 125 Å². The van der Waals surface area contributed by atoms with Gasteiger partial charge in [-0.05, 0) is 108 Å². The third-order valence-electron chi connectivity index (χ3n) is 15.5. The third kappa shape index (κ3) is 35.9. The number of nitrogens with zero attached hydrogens (tertiary/aromatic N) is 2. The summed E-state index contributed by atoms with van der Waals surface area (Å²) in [6.45, 7) is 25.0. The first-order valence-electron chi connectivity index (χ1n) is 32.8. The molecule has 0 spiro atoms. The average Bonchev–Trinajstić information content (AvgIpc) is 3.67. The van der Waals surface area contributed by atoms with Crippen molar-refractivity contribution in [3.8, 4) is 0 Å². The summed E-state index contributed by atoms with van der Waals surface area (Å²) in [6, 6.07) is 13.8. The van der Waals surface area contributed by atoms with Crippen LogP contribution in [0, 0.1) is 27.7 Å². The molecule has 0 aliphatic carbocycles. The number of allylic oxidation sites excluding steroid dienone is 6. The zero-order chi connectivity index (χ0) is 54.8. The summed E-state index contributed by atoms with van der Waals surface area (Å²) in [7, 11) is 0. The fourth-order valence-corrected chi connectivity index (χ4v) is 10.5. The zero-order valence-electron chi connectivity index (χ0n) is 51.8. The Morgan fingerprint density at radius 1 is 0.368 bits per heavy atom. The van der Waals surface area contributed by atoms with Gasteiger partial charge in [0.1, 0.15) is 0 Å². The summed E-state index contributed by atoms with van der Waals surface area (Å²) in [5.74, 6) is 0. The molecule has 0 aromatic heterocycles. The molecule has 3 heteroatoms. The van der Waals surface area contributed by atoms with Crippen molar-refractivity contribution < 1.29 is 21.2 Å². The fourth-order valence-electron chi connectivity index (χ4n) is 10.5. The first-order valence-corrected chi connectivity index (χ1v) is 32.8. The molecular formula is C73H124N2Ni. The Kier molecular flexibility index (Phi) is 51.4. The topological polar surface area (TPSA) is 25.3 Å². The second-order valence-electron chi connectivity index (χ2n) is 22.7. The second kappa shape index (κ2) is 53.2. The van der Waals surface area contributed by atoms with Gasteiger partial charge in [-0.15, -0.1) is 0 Å². The molecule has 2 aromatic rings. The zero-order valence-corrected chi connectivity index (χ0v) is 52.8. The minimum Gasteiger partial charge on any atom is -0.493 e. The van der Waals surface area contributed by atoms with Gasteiger partial charge in [0.2, 0.25) is 11.4 Å². The summed E-state index contributed by atoms with van der Waals surface area (Å²) in [5, 5.41) is 0. The van der Waals surface area contributed by atoms with Crippen LogP contribution in [0.2, 0.25) is 0 Å². The Morgan fingerprint density at radius 3 is 0.987 bits per heavy atom. The summed E-state index contributed by atoms with van der Waals surface area (Å²) in [4.78, 5) is 0. The van der Waals surface area contributed by atoms with Crippen LogP contribution in [-0.4, -0.2) is 4.70 Å². The first kappa shape index (κ1) is 73.5. The Labute approximate surface area is 485 Å². The molecule has 0 atom stereocenters. The number of hydrogen-bond donors (Lipinski definition) is 0. The quantitative estimate of drug-likeness (QED) is 0.0208. The van der Waals surface area contributed by atoms with E-state index in [0.29, 0.717) is 0 Å². The Bertz CT molecular complexity index is 1780. The van der Waals surface area contributed by atoms with E-state index >= 15 is 0 Å². The number of aryl methyl sites for hydroxylation is 4. The van der Waals surface area contributed by atoms with Crippen LogP contribution in [0.1, 0.15) is 338 Å². The number of rotatable bonds is 45. The van der Waals surface area contributed by atoms with Crippen LogP contribution in [0.15, 0.2) is 71.8 Å². The van der Waals surface area contributed by atoms with Crippen molar-refractivity contribution in [2.24, 2.45) is 0 Å². The molecule has 0 fully saturated rings. The summed E-state index contributed by atoms with van der Waals surface area (Å²) < 4.78 is 1.61. The van der Waals surface area contributed by atoms with E-state index in [1.165, 1.54) is 269 Å². The van der Waals surface area contributed by atoms with Gasteiger partial charge in [-0.25, -0.2) is 4.70 Å². The van der Waals surface area contributed by atoms with Crippen molar-refractivity contribution in [1.82, 2.24) is 0 Å². The molecule has 0 bridgehead atoms. The van der Waals surface area contributed by atoms with Crippen LogP contribution in [0.4, 0.5) is 0 Å². The molecule has 2 nitrogen and oxygen atoms in total. The molecule has 0 radical (unpaired) electrons. The molecular weight excluding hydrogens is 964 g/mol. The van der Waals surface area contributed by atoms with Crippen LogP contribution < -0.4 is 0 Å². The molecule has 0 amide bonds. The minimum atomic E-state index is 0. The standard InChI is InChI=1S/C65H106N2.2C4H9.Ni/c1-7-10-13-16-18-20-22-24-26-28-30-32-34-36-38-40-42-44-47-59-52-50-56(4)54-62(59)64-58(6)61(49-46-15-12-9-3)65(67(64)66)63-55-57(5)51-53-60(63)48-45-43-41-39-37-35-33-31-29-27-25-23-21-19-17-14-11-8-2;2*1-3-4-2;/h40-43,50-55H,7-39,44-49H2,1-6H3;2*1,3-4H2,2H3;/q;2*-1;+2. The van der Waals surface area contributed by atoms with Crippen LogP contribution in [0.3, 0.4) is 0 Å². The van der Waals surface area contributed by atoms with Crippen molar-refractivity contribution in [2.45, 2.75) is 331 Å². The van der Waals surface area contributed by atoms with Gasteiger partial charge in [-0.2, -0.15) is 12.8 Å². The van der Waals surface area contributed by atoms with E-state index < -0.39 is 0 Å². The van der Waals surface area contributed by atoms with E-state index in [4.69, 9.17) is 0 Å². The molecule has 436 valence electrons. The van der Waals surface area contributed by atoms with Gasteiger partial charge < -0.3 is 19.4 Å². The molecule has 1 heterocycles. The maximum Gasteiger partial charge on any atom is 2.00 e. The van der Waals surface area contributed by atoms with Crippen molar-refractivity contribution in [3.63, 3.8) is 0 Å². The van der Waals surface area contributed by atoms with Gasteiger partial charge in [0, 0.05) is 22.3 Å². The fraction of sp³-hybridized carbons (Fsp3) is 0.699. The van der Waals surface area contributed by atoms with Gasteiger partial charge in [0.05, 0.1) is 0 Å². The van der Waals surface area contributed by atoms with E-state index in [1.54, 1.807) is 4.70 Å². The van der Waals surface area contributed by atoms with Gasteiger partial charge in [-0.1, -0.05) is 293 Å². The van der Waals surface area contributed by atoms with Crippen LogP contribution >= 0.6 is 0 Å². The SMILES string of the molecule is CCCCCCCCCCCCCCCCC=CCCc1ccc(C)cc1C1=C(C)C(CCCCCC)=C(c2cc(C)ccc2CCC=CCCCCCCCCCCCCCCCC)[N+]1=[N-].[CH2-]CCC.[CH2-]CCC.[Ni+2]. The maximum absolute atomic E-state index is 12.5. The molecule has 0 unspecified atom stereocenters. The predicted octanol–water partition coefficient (Wildman–Crippen LogP) is 25.4. The number of hydrogen-bond acceptors (Lipinski definition) is 0. The van der Waals surface area contributed by atoms with Crippen molar-refractivity contribution >= 4 is 11.4 Å². The summed E-state index contributed by atoms with van der Waals surface area (Å²) in [6.07, 6.45) is 66.0. The normalized spacial score (nSPS) is 12.5. The first-order chi connectivity index (χ1) is 36.7. The maximum atomic E-state index is 12.5. The largest absolute Gasteiger partial charge is 2.00 e.